The highest BCUT2D eigenvalue weighted by molar-refractivity contribution is 5.98. The molecule has 1 amide bonds. The zero-order valence-corrected chi connectivity index (χ0v) is 17.0. The number of rotatable bonds is 7. The minimum Gasteiger partial charge on any atom is -0.365 e. The van der Waals surface area contributed by atoms with Crippen LogP contribution in [0.25, 0.3) is 5.57 Å². The van der Waals surface area contributed by atoms with Crippen LogP contribution in [0.1, 0.15) is 60.1 Å². The lowest BCUT2D eigenvalue weighted by Gasteiger charge is -2.16. The molecule has 1 aromatic carbocycles. The highest BCUT2D eigenvalue weighted by Crippen LogP contribution is 2.28. The average molecular weight is 391 g/mol. The number of nitrogens with one attached hydrogen (secondary N) is 1. The van der Waals surface area contributed by atoms with Gasteiger partial charge < -0.3 is 16.0 Å². The van der Waals surface area contributed by atoms with Gasteiger partial charge in [0.15, 0.2) is 0 Å². The molecule has 29 heavy (non-hydrogen) atoms. The lowest BCUT2D eigenvalue weighted by molar-refractivity contribution is 0.100. The highest BCUT2D eigenvalue weighted by Gasteiger charge is 2.15. The van der Waals surface area contributed by atoms with E-state index in [9.17, 15) is 4.79 Å². The highest BCUT2D eigenvalue weighted by atomic mass is 16.1. The molecule has 0 bridgehead atoms. The molecule has 0 radical (unpaired) electrons. The molecular weight excluding hydrogens is 360 g/mol. The number of carbonyl (C=O) groups excluding carboxylic acids is 1. The van der Waals surface area contributed by atoms with Gasteiger partial charge in [-0.05, 0) is 93.4 Å². The zero-order valence-electron chi connectivity index (χ0n) is 17.0. The van der Waals surface area contributed by atoms with E-state index in [0.29, 0.717) is 11.4 Å². The molecule has 0 atom stereocenters. The van der Waals surface area contributed by atoms with E-state index < -0.39 is 5.91 Å². The van der Waals surface area contributed by atoms with Crippen LogP contribution < -0.4 is 11.1 Å². The first kappa shape index (κ1) is 19.6. The number of pyridine rings is 1. The maximum Gasteiger partial charge on any atom is 0.252 e. The number of carbonyl (C=O) groups is 1. The van der Waals surface area contributed by atoms with E-state index in [1.165, 1.54) is 49.9 Å². The lowest BCUT2D eigenvalue weighted by Crippen LogP contribution is -2.21. The number of aromatic nitrogens is 1. The van der Waals surface area contributed by atoms with E-state index in [4.69, 9.17) is 10.7 Å². The van der Waals surface area contributed by atoms with Crippen molar-refractivity contribution in [2.75, 3.05) is 25.0 Å². The summed E-state index contributed by atoms with van der Waals surface area (Å²) in [5.74, 6) is 0.0673. The van der Waals surface area contributed by atoms with Crippen LogP contribution in [0.5, 0.6) is 0 Å². The number of benzene rings is 1. The molecule has 1 aliphatic carbocycles. The number of primary amides is 1. The van der Waals surface area contributed by atoms with Gasteiger partial charge in [-0.15, -0.1) is 0 Å². The van der Waals surface area contributed by atoms with E-state index in [1.807, 2.05) is 6.07 Å². The second-order valence-corrected chi connectivity index (χ2v) is 8.05. The molecule has 3 N–H and O–H groups in total. The minimum atomic E-state index is -0.466. The maximum atomic E-state index is 11.9. The molecule has 2 aliphatic rings. The molecule has 1 saturated heterocycles. The quantitative estimate of drug-likeness (QED) is 0.729. The molecule has 4 rings (SSSR count). The van der Waals surface area contributed by atoms with Gasteiger partial charge in [0.2, 0.25) is 0 Å². The van der Waals surface area contributed by atoms with E-state index >= 15 is 0 Å². The van der Waals surface area contributed by atoms with Gasteiger partial charge in [0.25, 0.3) is 5.91 Å². The van der Waals surface area contributed by atoms with Gasteiger partial charge in [0, 0.05) is 12.2 Å². The summed E-state index contributed by atoms with van der Waals surface area (Å²) in [5, 5.41) is 3.31. The topological polar surface area (TPSA) is 71.2 Å². The maximum absolute atomic E-state index is 11.9. The number of nitrogens with zero attached hydrogens (tertiary/aromatic N) is 2. The van der Waals surface area contributed by atoms with Crippen LogP contribution in [0, 0.1) is 0 Å². The fraction of sp³-hybridized carbons (Fsp3) is 0.417. The number of likely N-dealkylation sites (tertiary alicyclic amines) is 1. The van der Waals surface area contributed by atoms with Gasteiger partial charge >= 0.3 is 0 Å². The predicted octanol–water partition coefficient (Wildman–Crippen LogP) is 4.52. The fourth-order valence-electron chi connectivity index (χ4n) is 4.19. The second-order valence-electron chi connectivity index (χ2n) is 8.05. The molecular formula is C24H30N4O. The number of hydrogen-bond donors (Lipinski definition) is 2. The number of anilines is 2. The molecule has 5 nitrogen and oxygen atoms in total. The van der Waals surface area contributed by atoms with E-state index in [-0.39, 0.29) is 0 Å². The van der Waals surface area contributed by atoms with Crippen LogP contribution in [0.2, 0.25) is 0 Å². The second kappa shape index (κ2) is 9.23. The Balaban J connectivity index is 1.48. The van der Waals surface area contributed by atoms with Gasteiger partial charge in [-0.3, -0.25) is 4.79 Å². The van der Waals surface area contributed by atoms with Crippen molar-refractivity contribution in [3.63, 3.8) is 0 Å². The monoisotopic (exact) mass is 390 g/mol. The number of amides is 1. The van der Waals surface area contributed by atoms with Crippen molar-refractivity contribution >= 4 is 23.0 Å². The van der Waals surface area contributed by atoms with Crippen LogP contribution in [-0.4, -0.2) is 35.4 Å². The van der Waals surface area contributed by atoms with Crippen molar-refractivity contribution in [3.8, 4) is 0 Å². The van der Waals surface area contributed by atoms with Crippen molar-refractivity contribution < 1.29 is 4.79 Å². The Hall–Kier alpha value is -2.66. The SMILES string of the molecule is NC(=O)c1ccc(C2=CCCCC2)nc1Nc1ccc(CCN2CCCC2)cc1. The molecule has 152 valence electrons. The average Bonchev–Trinajstić information content (AvgIpc) is 3.27. The third kappa shape index (κ3) is 5.04. The largest absolute Gasteiger partial charge is 0.365 e. The number of nitrogens with two attached hydrogens (primary N) is 1. The molecule has 2 heterocycles. The molecule has 0 unspecified atom stereocenters. The Bertz CT molecular complexity index is 882. The van der Waals surface area contributed by atoms with Crippen LogP contribution in [0.3, 0.4) is 0 Å². The van der Waals surface area contributed by atoms with Gasteiger partial charge in [-0.25, -0.2) is 4.98 Å². The van der Waals surface area contributed by atoms with Crippen molar-refractivity contribution in [2.45, 2.75) is 44.9 Å². The van der Waals surface area contributed by atoms with E-state index in [2.05, 4.69) is 40.6 Å². The fourth-order valence-corrected chi connectivity index (χ4v) is 4.19. The van der Waals surface area contributed by atoms with Crippen molar-refractivity contribution in [2.24, 2.45) is 5.73 Å². The first-order valence-electron chi connectivity index (χ1n) is 10.8. The first-order chi connectivity index (χ1) is 14.2. The summed E-state index contributed by atoms with van der Waals surface area (Å²) in [4.78, 5) is 19.2. The zero-order chi connectivity index (χ0) is 20.1. The predicted molar refractivity (Wildman–Crippen MR) is 118 cm³/mol. The summed E-state index contributed by atoms with van der Waals surface area (Å²) in [6.45, 7) is 3.58. The Morgan fingerprint density at radius 3 is 2.52 bits per heavy atom. The molecule has 1 aliphatic heterocycles. The van der Waals surface area contributed by atoms with Crippen molar-refractivity contribution in [3.05, 3.63) is 59.3 Å². The Labute approximate surface area is 173 Å². The first-order valence-corrected chi connectivity index (χ1v) is 10.8. The minimum absolute atomic E-state index is 0.420. The smallest absolute Gasteiger partial charge is 0.252 e. The Kier molecular flexibility index (Phi) is 6.25. The van der Waals surface area contributed by atoms with E-state index in [1.54, 1.807) is 6.07 Å². The van der Waals surface area contributed by atoms with Crippen molar-refractivity contribution in [1.82, 2.24) is 9.88 Å². The Morgan fingerprint density at radius 2 is 1.83 bits per heavy atom. The third-order valence-corrected chi connectivity index (χ3v) is 5.91. The normalized spacial score (nSPS) is 17.2. The molecule has 5 heteroatoms. The number of hydrogen-bond acceptors (Lipinski definition) is 4. The molecule has 1 aromatic heterocycles. The summed E-state index contributed by atoms with van der Waals surface area (Å²) in [6.07, 6.45) is 10.5. The number of allylic oxidation sites excluding steroid dienone is 2. The van der Waals surface area contributed by atoms with Gasteiger partial charge in [0.05, 0.1) is 11.3 Å². The molecule has 0 spiro atoms. The van der Waals surface area contributed by atoms with E-state index in [0.717, 1.165) is 37.2 Å². The third-order valence-electron chi connectivity index (χ3n) is 5.91. The van der Waals surface area contributed by atoms with Crippen LogP contribution >= 0.6 is 0 Å². The standard InChI is InChI=1S/C24H30N4O/c25-23(29)21-12-13-22(19-6-2-1-3-7-19)27-24(21)26-20-10-8-18(9-11-20)14-17-28-15-4-5-16-28/h6,8-13H,1-5,7,14-17H2,(H2,25,29)(H,26,27). The lowest BCUT2D eigenvalue weighted by atomic mass is 9.96. The van der Waals surface area contributed by atoms with Crippen molar-refractivity contribution in [1.29, 1.82) is 0 Å². The van der Waals surface area contributed by atoms with Gasteiger partial charge in [-0.2, -0.15) is 0 Å². The molecule has 0 saturated carbocycles. The molecule has 2 aromatic rings. The summed E-state index contributed by atoms with van der Waals surface area (Å²) < 4.78 is 0. The Morgan fingerprint density at radius 1 is 1.03 bits per heavy atom. The van der Waals surface area contributed by atoms with Crippen LogP contribution in [-0.2, 0) is 6.42 Å². The van der Waals surface area contributed by atoms with Gasteiger partial charge in [-0.1, -0.05) is 18.2 Å². The molecule has 1 fully saturated rings. The van der Waals surface area contributed by atoms with Crippen LogP contribution in [0.4, 0.5) is 11.5 Å². The summed E-state index contributed by atoms with van der Waals surface area (Å²) in [5.41, 5.74) is 10.4. The summed E-state index contributed by atoms with van der Waals surface area (Å²) >= 11 is 0. The summed E-state index contributed by atoms with van der Waals surface area (Å²) in [7, 11) is 0. The van der Waals surface area contributed by atoms with Crippen LogP contribution in [0.15, 0.2) is 42.5 Å². The van der Waals surface area contributed by atoms with Gasteiger partial charge in [0.1, 0.15) is 5.82 Å². The summed E-state index contributed by atoms with van der Waals surface area (Å²) in [6, 6.07) is 12.1.